The summed E-state index contributed by atoms with van der Waals surface area (Å²) in [6.45, 7) is 2.11. The van der Waals surface area contributed by atoms with Crippen molar-refractivity contribution in [2.24, 2.45) is 0 Å². The monoisotopic (exact) mass is 409 g/mol. The molecule has 1 saturated heterocycles. The number of rotatable bonds is 1. The van der Waals surface area contributed by atoms with Crippen LogP contribution in [-0.4, -0.2) is 35.2 Å². The predicted molar refractivity (Wildman–Crippen MR) is 109 cm³/mol. The van der Waals surface area contributed by atoms with Crippen LogP contribution in [-0.2, 0) is 18.3 Å². The van der Waals surface area contributed by atoms with Crippen LogP contribution in [0.2, 0.25) is 0 Å². The molecule has 0 unspecified atom stereocenters. The van der Waals surface area contributed by atoms with E-state index < -0.39 is 0 Å². The molecule has 3 aliphatic rings. The zero-order valence-electron chi connectivity index (χ0n) is 14.9. The van der Waals surface area contributed by atoms with Gasteiger partial charge >= 0.3 is 0 Å². The Morgan fingerprint density at radius 3 is 2.50 bits per heavy atom. The molecule has 5 rings (SSSR count). The standard InChI is InChI=1S/C23H24BrNO/c24-19-6-5-16-7-8-23(20(16)15-19)9-11-25(12-10-23)21-13-17-3-1-2-4-18(17)14-22(21)26/h1-8,15,21-22,26H,9-14H2/t21-,22-/m1/s1. The molecule has 1 heterocycles. The van der Waals surface area contributed by atoms with Gasteiger partial charge in [0.1, 0.15) is 0 Å². The second-order valence-electron chi connectivity index (χ2n) is 8.07. The molecule has 2 aliphatic carbocycles. The van der Waals surface area contributed by atoms with Crippen molar-refractivity contribution < 1.29 is 5.11 Å². The number of benzene rings is 2. The van der Waals surface area contributed by atoms with E-state index in [4.69, 9.17) is 0 Å². The predicted octanol–water partition coefficient (Wildman–Crippen LogP) is 4.34. The smallest absolute Gasteiger partial charge is 0.0738 e. The summed E-state index contributed by atoms with van der Waals surface area (Å²) in [5.41, 5.74) is 5.77. The van der Waals surface area contributed by atoms with Gasteiger partial charge < -0.3 is 5.11 Å². The normalized spacial score (nSPS) is 26.7. The minimum atomic E-state index is -0.250. The summed E-state index contributed by atoms with van der Waals surface area (Å²) in [6.07, 6.45) is 8.51. The lowest BCUT2D eigenvalue weighted by molar-refractivity contribution is 0.0237. The van der Waals surface area contributed by atoms with Crippen molar-refractivity contribution in [2.75, 3.05) is 13.1 Å². The minimum absolute atomic E-state index is 0.188. The molecule has 0 radical (unpaired) electrons. The first-order chi connectivity index (χ1) is 12.6. The molecule has 0 amide bonds. The van der Waals surface area contributed by atoms with E-state index in [0.717, 1.165) is 38.8 Å². The highest BCUT2D eigenvalue weighted by Gasteiger charge is 2.41. The number of piperidine rings is 1. The van der Waals surface area contributed by atoms with Crippen molar-refractivity contribution in [1.29, 1.82) is 0 Å². The molecule has 26 heavy (non-hydrogen) atoms. The van der Waals surface area contributed by atoms with E-state index in [1.807, 2.05) is 0 Å². The summed E-state index contributed by atoms with van der Waals surface area (Å²) in [7, 11) is 0. The van der Waals surface area contributed by atoms with Crippen LogP contribution in [0, 0.1) is 0 Å². The van der Waals surface area contributed by atoms with Crippen molar-refractivity contribution in [1.82, 2.24) is 4.90 Å². The average Bonchev–Trinajstić information content (AvgIpc) is 3.00. The lowest BCUT2D eigenvalue weighted by atomic mass is 9.73. The first kappa shape index (κ1) is 16.7. The van der Waals surface area contributed by atoms with Gasteiger partial charge in [-0.15, -0.1) is 0 Å². The number of aliphatic hydroxyl groups is 1. The Bertz CT molecular complexity index is 866. The first-order valence-corrected chi connectivity index (χ1v) is 10.4. The molecular formula is C23H24BrNO. The molecule has 1 N–H and O–H groups in total. The number of allylic oxidation sites excluding steroid dienone is 1. The number of fused-ring (bicyclic) bond motifs is 3. The lowest BCUT2D eigenvalue weighted by Gasteiger charge is -2.45. The molecule has 1 spiro atoms. The van der Waals surface area contributed by atoms with Gasteiger partial charge in [0, 0.05) is 22.4 Å². The Kier molecular flexibility index (Phi) is 4.07. The van der Waals surface area contributed by atoms with E-state index in [1.165, 1.54) is 26.7 Å². The topological polar surface area (TPSA) is 23.5 Å². The number of hydrogen-bond donors (Lipinski definition) is 1. The molecule has 1 fully saturated rings. The van der Waals surface area contributed by atoms with Crippen LogP contribution < -0.4 is 0 Å². The van der Waals surface area contributed by atoms with Crippen LogP contribution in [0.1, 0.15) is 35.1 Å². The van der Waals surface area contributed by atoms with E-state index in [-0.39, 0.29) is 17.6 Å². The molecule has 0 bridgehead atoms. The Balaban J connectivity index is 1.35. The van der Waals surface area contributed by atoms with E-state index in [0.29, 0.717) is 0 Å². The number of aliphatic hydroxyl groups excluding tert-OH is 1. The lowest BCUT2D eigenvalue weighted by Crippen LogP contribution is -2.53. The van der Waals surface area contributed by atoms with E-state index in [1.54, 1.807) is 0 Å². The molecule has 2 aromatic rings. The fraction of sp³-hybridized carbons (Fsp3) is 0.391. The van der Waals surface area contributed by atoms with Crippen LogP contribution in [0.15, 0.2) is 53.0 Å². The third-order valence-corrected chi connectivity index (χ3v) is 7.21. The Hall–Kier alpha value is -1.42. The van der Waals surface area contributed by atoms with Gasteiger partial charge in [-0.3, -0.25) is 4.90 Å². The molecule has 1 aliphatic heterocycles. The highest BCUT2D eigenvalue weighted by molar-refractivity contribution is 9.10. The highest BCUT2D eigenvalue weighted by atomic mass is 79.9. The number of hydrogen-bond acceptors (Lipinski definition) is 2. The summed E-state index contributed by atoms with van der Waals surface area (Å²) in [5, 5.41) is 10.8. The van der Waals surface area contributed by atoms with Crippen molar-refractivity contribution in [3.8, 4) is 0 Å². The summed E-state index contributed by atoms with van der Waals surface area (Å²) in [5.74, 6) is 0. The molecule has 2 atom stereocenters. The van der Waals surface area contributed by atoms with Gasteiger partial charge in [0.15, 0.2) is 0 Å². The van der Waals surface area contributed by atoms with Crippen molar-refractivity contribution in [2.45, 2.75) is 43.2 Å². The molecule has 2 nitrogen and oxygen atoms in total. The molecule has 0 saturated carbocycles. The number of halogens is 1. The van der Waals surface area contributed by atoms with Crippen molar-refractivity contribution in [3.05, 3.63) is 75.3 Å². The fourth-order valence-corrected chi connectivity index (χ4v) is 5.55. The number of nitrogens with zero attached hydrogens (tertiary/aromatic N) is 1. The quantitative estimate of drug-likeness (QED) is 0.756. The second-order valence-corrected chi connectivity index (χ2v) is 8.98. The Morgan fingerprint density at radius 1 is 1.00 bits per heavy atom. The second kappa shape index (κ2) is 6.33. The third kappa shape index (κ3) is 2.69. The molecule has 134 valence electrons. The fourth-order valence-electron chi connectivity index (χ4n) is 5.19. The maximum absolute atomic E-state index is 10.8. The summed E-state index contributed by atoms with van der Waals surface area (Å²) in [4.78, 5) is 2.54. The minimum Gasteiger partial charge on any atom is -0.391 e. The van der Waals surface area contributed by atoms with Gasteiger partial charge in [-0.1, -0.05) is 58.4 Å². The van der Waals surface area contributed by atoms with E-state index in [9.17, 15) is 5.11 Å². The van der Waals surface area contributed by atoms with Gasteiger partial charge in [0.05, 0.1) is 6.10 Å². The van der Waals surface area contributed by atoms with Crippen LogP contribution >= 0.6 is 15.9 Å². The summed E-state index contributed by atoms with van der Waals surface area (Å²) >= 11 is 3.64. The zero-order valence-corrected chi connectivity index (χ0v) is 16.5. The van der Waals surface area contributed by atoms with Crippen LogP contribution in [0.3, 0.4) is 0 Å². The average molecular weight is 410 g/mol. The zero-order chi connectivity index (χ0) is 17.7. The Morgan fingerprint density at radius 2 is 1.73 bits per heavy atom. The SMILES string of the molecule is O[C@@H]1Cc2ccccc2C[C@H]1N1CCC2(C=Cc3ccc(Br)cc32)CC1. The van der Waals surface area contributed by atoms with E-state index >= 15 is 0 Å². The molecule has 3 heteroatoms. The van der Waals surface area contributed by atoms with Crippen LogP contribution in [0.4, 0.5) is 0 Å². The van der Waals surface area contributed by atoms with Crippen LogP contribution in [0.5, 0.6) is 0 Å². The molecule has 0 aromatic heterocycles. The Labute approximate surface area is 163 Å². The van der Waals surface area contributed by atoms with Gasteiger partial charge in [-0.25, -0.2) is 0 Å². The van der Waals surface area contributed by atoms with Crippen molar-refractivity contribution >= 4 is 22.0 Å². The van der Waals surface area contributed by atoms with Crippen LogP contribution in [0.25, 0.3) is 6.08 Å². The highest BCUT2D eigenvalue weighted by Crippen LogP contribution is 2.45. The maximum Gasteiger partial charge on any atom is 0.0738 e. The van der Waals surface area contributed by atoms with Gasteiger partial charge in [-0.2, -0.15) is 0 Å². The first-order valence-electron chi connectivity index (χ1n) is 9.63. The molecular weight excluding hydrogens is 386 g/mol. The van der Waals surface area contributed by atoms with Gasteiger partial charge in [0.25, 0.3) is 0 Å². The van der Waals surface area contributed by atoms with E-state index in [2.05, 4.69) is 75.4 Å². The van der Waals surface area contributed by atoms with Gasteiger partial charge in [-0.05, 0) is 66.7 Å². The van der Waals surface area contributed by atoms with Crippen molar-refractivity contribution in [3.63, 3.8) is 0 Å². The number of likely N-dealkylation sites (tertiary alicyclic amines) is 1. The van der Waals surface area contributed by atoms with Gasteiger partial charge in [0.2, 0.25) is 0 Å². The third-order valence-electron chi connectivity index (χ3n) is 6.71. The largest absolute Gasteiger partial charge is 0.391 e. The maximum atomic E-state index is 10.8. The summed E-state index contributed by atoms with van der Waals surface area (Å²) < 4.78 is 1.17. The summed E-state index contributed by atoms with van der Waals surface area (Å²) in [6, 6.07) is 15.5. The molecule has 2 aromatic carbocycles.